The minimum Gasteiger partial charge on any atom is -0.375 e. The van der Waals surface area contributed by atoms with Crippen molar-refractivity contribution in [2.45, 2.75) is 19.4 Å². The maximum Gasteiger partial charge on any atom is 0.226 e. The first-order valence-electron chi connectivity index (χ1n) is 5.79. The second-order valence-electron chi connectivity index (χ2n) is 4.20. The maximum absolute atomic E-state index is 11.9. The molecule has 0 saturated carbocycles. The fraction of sp³-hybridized carbons (Fsp3) is 0.231. The van der Waals surface area contributed by atoms with E-state index in [1.165, 1.54) is 11.3 Å². The predicted octanol–water partition coefficient (Wildman–Crippen LogP) is 2.80. The fourth-order valence-corrected chi connectivity index (χ4v) is 2.48. The third-order valence-corrected chi connectivity index (χ3v) is 3.60. The van der Waals surface area contributed by atoms with E-state index in [-0.39, 0.29) is 18.4 Å². The average molecular weight is 296 g/mol. The quantitative estimate of drug-likeness (QED) is 0.911. The number of nitrogen functional groups attached to an aromatic ring is 1. The molecule has 100 valence electrons. The van der Waals surface area contributed by atoms with E-state index < -0.39 is 0 Å². The zero-order valence-corrected chi connectivity index (χ0v) is 12.0. The summed E-state index contributed by atoms with van der Waals surface area (Å²) in [7, 11) is 0. The van der Waals surface area contributed by atoms with Crippen LogP contribution in [0.2, 0.25) is 5.02 Å². The van der Waals surface area contributed by atoms with E-state index in [9.17, 15) is 4.79 Å². The van der Waals surface area contributed by atoms with E-state index >= 15 is 0 Å². The Labute approximate surface area is 120 Å². The lowest BCUT2D eigenvalue weighted by Crippen LogP contribution is -2.28. The van der Waals surface area contributed by atoms with Crippen LogP contribution in [0.1, 0.15) is 24.2 Å². The molecule has 19 heavy (non-hydrogen) atoms. The van der Waals surface area contributed by atoms with Crippen LogP contribution in [0.4, 0.5) is 5.13 Å². The van der Waals surface area contributed by atoms with Gasteiger partial charge in [0.05, 0.1) is 18.2 Å². The molecule has 2 rings (SSSR count). The molecule has 0 radical (unpaired) electrons. The largest absolute Gasteiger partial charge is 0.375 e. The molecule has 1 atom stereocenters. The summed E-state index contributed by atoms with van der Waals surface area (Å²) < 4.78 is 0. The van der Waals surface area contributed by atoms with Gasteiger partial charge in [0.2, 0.25) is 5.91 Å². The molecule has 3 N–H and O–H groups in total. The van der Waals surface area contributed by atoms with Crippen molar-refractivity contribution in [1.29, 1.82) is 0 Å². The second-order valence-corrected chi connectivity index (χ2v) is 5.52. The summed E-state index contributed by atoms with van der Waals surface area (Å²) in [6.45, 7) is 1.92. The lowest BCUT2D eigenvalue weighted by Gasteiger charge is -2.14. The van der Waals surface area contributed by atoms with Gasteiger partial charge in [-0.2, -0.15) is 0 Å². The Morgan fingerprint density at radius 2 is 2.37 bits per heavy atom. The monoisotopic (exact) mass is 295 g/mol. The van der Waals surface area contributed by atoms with Crippen LogP contribution in [0.5, 0.6) is 0 Å². The van der Waals surface area contributed by atoms with Crippen molar-refractivity contribution in [3.8, 4) is 0 Å². The summed E-state index contributed by atoms with van der Waals surface area (Å²) >= 11 is 7.26. The molecule has 1 aromatic carbocycles. The molecule has 0 aliphatic rings. The molecule has 0 aliphatic heterocycles. The number of aromatic nitrogens is 1. The van der Waals surface area contributed by atoms with Gasteiger partial charge in [-0.1, -0.05) is 23.7 Å². The van der Waals surface area contributed by atoms with Gasteiger partial charge < -0.3 is 11.1 Å². The third kappa shape index (κ3) is 3.94. The van der Waals surface area contributed by atoms with Gasteiger partial charge in [-0.05, 0) is 24.6 Å². The molecular weight excluding hydrogens is 282 g/mol. The van der Waals surface area contributed by atoms with Gasteiger partial charge in [0.25, 0.3) is 0 Å². The van der Waals surface area contributed by atoms with Gasteiger partial charge in [0, 0.05) is 10.4 Å². The molecule has 0 bridgehead atoms. The number of nitrogens with one attached hydrogen (secondary N) is 1. The van der Waals surface area contributed by atoms with Gasteiger partial charge in [-0.25, -0.2) is 4.98 Å². The topological polar surface area (TPSA) is 68.0 Å². The number of carbonyl (C=O) groups excluding carboxylic acids is 1. The Bertz CT molecular complexity index is 585. The molecular formula is C13H14ClN3OS. The molecule has 0 unspecified atom stereocenters. The van der Waals surface area contributed by atoms with Crippen molar-refractivity contribution in [2.24, 2.45) is 0 Å². The van der Waals surface area contributed by atoms with E-state index in [1.807, 2.05) is 25.1 Å². The van der Waals surface area contributed by atoms with E-state index in [1.54, 1.807) is 11.4 Å². The lowest BCUT2D eigenvalue weighted by molar-refractivity contribution is -0.121. The molecule has 6 heteroatoms. The van der Waals surface area contributed by atoms with Crippen LogP contribution in [-0.4, -0.2) is 10.9 Å². The Morgan fingerprint density at radius 1 is 1.58 bits per heavy atom. The number of anilines is 1. The molecule has 4 nitrogen and oxygen atoms in total. The van der Waals surface area contributed by atoms with Crippen molar-refractivity contribution >= 4 is 34.0 Å². The molecule has 1 amide bonds. The second kappa shape index (κ2) is 6.04. The van der Waals surface area contributed by atoms with E-state index in [0.717, 1.165) is 5.56 Å². The van der Waals surface area contributed by atoms with Gasteiger partial charge in [-0.15, -0.1) is 11.3 Å². The molecule has 0 fully saturated rings. The number of thiazole rings is 1. The highest BCUT2D eigenvalue weighted by Gasteiger charge is 2.11. The summed E-state index contributed by atoms with van der Waals surface area (Å²) in [5, 5.41) is 5.83. The lowest BCUT2D eigenvalue weighted by atomic mass is 10.1. The van der Waals surface area contributed by atoms with E-state index in [2.05, 4.69) is 10.3 Å². The number of amides is 1. The van der Waals surface area contributed by atoms with Crippen LogP contribution in [0, 0.1) is 0 Å². The first kappa shape index (κ1) is 13.8. The van der Waals surface area contributed by atoms with Gasteiger partial charge in [0.15, 0.2) is 5.13 Å². The van der Waals surface area contributed by atoms with Crippen molar-refractivity contribution in [1.82, 2.24) is 10.3 Å². The molecule has 1 heterocycles. The van der Waals surface area contributed by atoms with E-state index in [4.69, 9.17) is 17.3 Å². The summed E-state index contributed by atoms with van der Waals surface area (Å²) in [6.07, 6.45) is 0.235. The summed E-state index contributed by atoms with van der Waals surface area (Å²) in [5.74, 6) is -0.0854. The van der Waals surface area contributed by atoms with Crippen LogP contribution < -0.4 is 11.1 Å². The SMILES string of the molecule is C[C@@H](NC(=O)Cc1csc(N)n1)c1cccc(Cl)c1. The highest BCUT2D eigenvalue weighted by molar-refractivity contribution is 7.13. The summed E-state index contributed by atoms with van der Waals surface area (Å²) in [6, 6.07) is 7.34. The fourth-order valence-electron chi connectivity index (χ4n) is 1.72. The van der Waals surface area contributed by atoms with Crippen LogP contribution in [0.3, 0.4) is 0 Å². The normalized spacial score (nSPS) is 12.1. The summed E-state index contributed by atoms with van der Waals surface area (Å²) in [4.78, 5) is 15.9. The molecule has 0 spiro atoms. The van der Waals surface area contributed by atoms with Crippen LogP contribution in [0.25, 0.3) is 0 Å². The summed E-state index contributed by atoms with van der Waals surface area (Å²) in [5.41, 5.74) is 7.19. The number of hydrogen-bond donors (Lipinski definition) is 2. The minimum atomic E-state index is -0.0952. The van der Waals surface area contributed by atoms with Crippen molar-refractivity contribution < 1.29 is 4.79 Å². The maximum atomic E-state index is 11.9. The number of halogens is 1. The van der Waals surface area contributed by atoms with Crippen molar-refractivity contribution in [2.75, 3.05) is 5.73 Å². The Kier molecular flexibility index (Phi) is 4.39. The first-order valence-corrected chi connectivity index (χ1v) is 7.05. The molecule has 0 aliphatic carbocycles. The Morgan fingerprint density at radius 3 is 3.00 bits per heavy atom. The average Bonchev–Trinajstić information content (AvgIpc) is 2.74. The number of hydrogen-bond acceptors (Lipinski definition) is 4. The van der Waals surface area contributed by atoms with Gasteiger partial charge in [0.1, 0.15) is 0 Å². The zero-order valence-electron chi connectivity index (χ0n) is 10.4. The van der Waals surface area contributed by atoms with Crippen LogP contribution in [-0.2, 0) is 11.2 Å². The molecule has 1 aromatic heterocycles. The standard InChI is InChI=1S/C13H14ClN3OS/c1-8(9-3-2-4-10(14)5-9)16-12(18)6-11-7-19-13(15)17-11/h2-5,7-8H,6H2,1H3,(H2,15,17)(H,16,18)/t8-/m1/s1. The van der Waals surface area contributed by atoms with Gasteiger partial charge >= 0.3 is 0 Å². The minimum absolute atomic E-state index is 0.0854. The predicted molar refractivity (Wildman–Crippen MR) is 78.2 cm³/mol. The highest BCUT2D eigenvalue weighted by atomic mass is 35.5. The first-order chi connectivity index (χ1) is 9.04. The number of nitrogens with zero attached hydrogens (tertiary/aromatic N) is 1. The Balaban J connectivity index is 1.95. The van der Waals surface area contributed by atoms with Crippen LogP contribution >= 0.6 is 22.9 Å². The molecule has 0 saturated heterocycles. The number of benzene rings is 1. The van der Waals surface area contributed by atoms with Gasteiger partial charge in [-0.3, -0.25) is 4.79 Å². The van der Waals surface area contributed by atoms with E-state index in [0.29, 0.717) is 15.8 Å². The number of nitrogens with two attached hydrogens (primary N) is 1. The third-order valence-electron chi connectivity index (χ3n) is 2.64. The van der Waals surface area contributed by atoms with Crippen molar-refractivity contribution in [3.63, 3.8) is 0 Å². The Hall–Kier alpha value is -1.59. The highest BCUT2D eigenvalue weighted by Crippen LogP contribution is 2.17. The number of carbonyl (C=O) groups is 1. The number of rotatable bonds is 4. The molecule has 2 aromatic rings. The smallest absolute Gasteiger partial charge is 0.226 e. The van der Waals surface area contributed by atoms with Crippen molar-refractivity contribution in [3.05, 3.63) is 45.9 Å². The van der Waals surface area contributed by atoms with Crippen LogP contribution in [0.15, 0.2) is 29.6 Å². The zero-order chi connectivity index (χ0) is 13.8.